The Bertz CT molecular complexity index is 2000. The van der Waals surface area contributed by atoms with E-state index >= 15 is 9.59 Å². The highest BCUT2D eigenvalue weighted by Gasteiger charge is 2.71. The van der Waals surface area contributed by atoms with Crippen LogP contribution in [-0.4, -0.2) is 76.1 Å². The minimum atomic E-state index is -1.01. The summed E-state index contributed by atoms with van der Waals surface area (Å²) in [6, 6.07) is 29.6. The number of carbonyl (C=O) groups excluding carboxylic acids is 3. The molecule has 50 heavy (non-hydrogen) atoms. The molecule has 3 amide bonds. The van der Waals surface area contributed by atoms with Crippen molar-refractivity contribution in [3.8, 4) is 5.75 Å². The lowest BCUT2D eigenvalue weighted by atomic mass is 9.78. The van der Waals surface area contributed by atoms with Gasteiger partial charge in [0.05, 0.1) is 35.8 Å². The van der Waals surface area contributed by atoms with Gasteiger partial charge in [0, 0.05) is 29.7 Å². The van der Waals surface area contributed by atoms with Gasteiger partial charge in [0.1, 0.15) is 11.8 Å². The molecule has 4 aliphatic heterocycles. The number of amides is 3. The number of fused-ring (bicyclic) bond motifs is 3. The lowest BCUT2D eigenvalue weighted by Crippen LogP contribution is -2.57. The fraction of sp³-hybridized carbons (Fsp3) is 0.293. The molecule has 4 aromatic rings. The van der Waals surface area contributed by atoms with Crippen molar-refractivity contribution in [3.63, 3.8) is 0 Å². The van der Waals surface area contributed by atoms with Gasteiger partial charge in [-0.2, -0.15) is 0 Å². The molecular weight excluding hydrogens is 647 g/mol. The molecule has 0 aromatic heterocycles. The third-order valence-electron chi connectivity index (χ3n) is 10.5. The molecule has 0 bridgehead atoms. The summed E-state index contributed by atoms with van der Waals surface area (Å²) in [6.07, 6.45) is 8.43. The van der Waals surface area contributed by atoms with Gasteiger partial charge in [0.15, 0.2) is 0 Å². The Kier molecular flexibility index (Phi) is 8.49. The lowest BCUT2D eigenvalue weighted by molar-refractivity contribution is -0.141. The van der Waals surface area contributed by atoms with Crippen LogP contribution in [0.2, 0.25) is 0 Å². The Morgan fingerprint density at radius 1 is 0.820 bits per heavy atom. The number of anilines is 2. The number of benzene rings is 4. The van der Waals surface area contributed by atoms with Crippen molar-refractivity contribution in [1.29, 1.82) is 0 Å². The van der Waals surface area contributed by atoms with Crippen LogP contribution in [0.3, 0.4) is 0 Å². The van der Waals surface area contributed by atoms with Crippen molar-refractivity contribution >= 4 is 51.6 Å². The van der Waals surface area contributed by atoms with Gasteiger partial charge in [-0.1, -0.05) is 85.0 Å². The molecule has 1 spiro atoms. The lowest BCUT2D eigenvalue weighted by Gasteiger charge is -2.38. The van der Waals surface area contributed by atoms with Gasteiger partial charge in [0.2, 0.25) is 11.8 Å². The van der Waals surface area contributed by atoms with Crippen LogP contribution in [-0.2, 0) is 20.8 Å². The third-order valence-corrected chi connectivity index (χ3v) is 12.3. The number of carbonyl (C=O) groups is 3. The molecule has 8 nitrogen and oxygen atoms in total. The monoisotopic (exact) mass is 685 g/mol. The molecule has 0 saturated carbocycles. The highest BCUT2D eigenvalue weighted by Crippen LogP contribution is 2.61. The summed E-state index contributed by atoms with van der Waals surface area (Å²) in [7, 11) is 0. The van der Waals surface area contributed by atoms with Crippen molar-refractivity contribution in [3.05, 3.63) is 127 Å². The molecule has 254 valence electrons. The molecule has 4 aliphatic rings. The topological polar surface area (TPSA) is 90.4 Å². The predicted octanol–water partition coefficient (Wildman–Crippen LogP) is 5.65. The minimum absolute atomic E-state index is 0.146. The summed E-state index contributed by atoms with van der Waals surface area (Å²) in [6.45, 7) is 2.84. The van der Waals surface area contributed by atoms with E-state index in [2.05, 4.69) is 0 Å². The maximum atomic E-state index is 15.1. The van der Waals surface area contributed by atoms with E-state index in [1.807, 2.05) is 128 Å². The van der Waals surface area contributed by atoms with Gasteiger partial charge in [-0.3, -0.25) is 14.4 Å². The summed E-state index contributed by atoms with van der Waals surface area (Å²) >= 11 is 1.55. The van der Waals surface area contributed by atoms with Crippen LogP contribution in [0.25, 0.3) is 10.8 Å². The van der Waals surface area contributed by atoms with E-state index in [1.54, 1.807) is 26.5 Å². The van der Waals surface area contributed by atoms with E-state index in [9.17, 15) is 9.90 Å². The maximum absolute atomic E-state index is 15.1. The first-order valence-electron chi connectivity index (χ1n) is 17.3. The zero-order valence-electron chi connectivity index (χ0n) is 27.8. The SMILES string of the molecule is CCOc1ccc(N2CC=C[C@@H]3S[C@]45C=CCN(c6ccc7ccccc7c6)C(=O)C4N([C@@H](CO)Cc4ccccc4)C(=O)[C@@H]5[C@@H]3C2=O)cc1. The van der Waals surface area contributed by atoms with Gasteiger partial charge in [-0.05, 0) is 66.1 Å². The number of nitrogens with zero attached hydrogens (tertiary/aromatic N) is 3. The van der Waals surface area contributed by atoms with Gasteiger partial charge >= 0.3 is 0 Å². The fourth-order valence-electron chi connectivity index (χ4n) is 8.30. The minimum Gasteiger partial charge on any atom is -0.494 e. The molecule has 0 aliphatic carbocycles. The molecule has 2 fully saturated rings. The molecule has 2 saturated heterocycles. The summed E-state index contributed by atoms with van der Waals surface area (Å²) in [5.41, 5.74) is 2.42. The smallest absolute Gasteiger partial charge is 0.251 e. The number of hydrogen-bond donors (Lipinski definition) is 1. The summed E-state index contributed by atoms with van der Waals surface area (Å²) in [5, 5.41) is 12.7. The second kappa shape index (κ2) is 13.1. The number of rotatable bonds is 8. The maximum Gasteiger partial charge on any atom is 0.251 e. The zero-order chi connectivity index (χ0) is 34.4. The number of ether oxygens (including phenoxy) is 1. The van der Waals surface area contributed by atoms with E-state index < -0.39 is 28.7 Å². The number of thioether (sulfide) groups is 1. The second-order valence-electron chi connectivity index (χ2n) is 13.3. The molecule has 1 N–H and O–H groups in total. The molecule has 4 heterocycles. The van der Waals surface area contributed by atoms with Crippen LogP contribution < -0.4 is 14.5 Å². The zero-order valence-corrected chi connectivity index (χ0v) is 28.6. The van der Waals surface area contributed by atoms with Crippen molar-refractivity contribution in [2.24, 2.45) is 11.8 Å². The van der Waals surface area contributed by atoms with E-state index in [0.29, 0.717) is 26.1 Å². The Hall–Kier alpha value is -4.86. The van der Waals surface area contributed by atoms with Crippen molar-refractivity contribution < 1.29 is 24.2 Å². The van der Waals surface area contributed by atoms with Crippen molar-refractivity contribution in [2.75, 3.05) is 36.1 Å². The molecular formula is C41H39N3O5S. The first-order valence-corrected chi connectivity index (χ1v) is 18.1. The predicted molar refractivity (Wildman–Crippen MR) is 197 cm³/mol. The Balaban J connectivity index is 1.22. The number of aliphatic hydroxyl groups excluding tert-OH is 1. The first-order chi connectivity index (χ1) is 24.4. The average Bonchev–Trinajstić information content (AvgIpc) is 3.46. The van der Waals surface area contributed by atoms with Crippen LogP contribution in [0, 0.1) is 11.8 Å². The number of hydrogen-bond acceptors (Lipinski definition) is 6. The standard InChI is InChI=1S/C41H39N3O5S/c1-2-49-33-19-17-30(18-20-33)42-22-8-14-34-35(38(42)46)36-39(47)44(32(26-45)24-27-10-4-3-5-11-27)37-40(48)43(23-9-21-41(36,37)50-34)31-16-15-28-12-6-7-13-29(28)25-31/h3-21,25,32,34-37,45H,2,22-24,26H2,1H3/t32-,34+,35-,36+,37?,41+/m1/s1. The second-order valence-corrected chi connectivity index (χ2v) is 14.8. The molecule has 9 heteroatoms. The van der Waals surface area contributed by atoms with E-state index in [0.717, 1.165) is 33.5 Å². The fourth-order valence-corrected chi connectivity index (χ4v) is 10.3. The summed E-state index contributed by atoms with van der Waals surface area (Å²) < 4.78 is 4.62. The van der Waals surface area contributed by atoms with E-state index in [1.165, 1.54) is 0 Å². The Morgan fingerprint density at radius 3 is 2.28 bits per heavy atom. The van der Waals surface area contributed by atoms with Gasteiger partial charge < -0.3 is 24.5 Å². The molecule has 0 radical (unpaired) electrons. The Morgan fingerprint density at radius 2 is 1.52 bits per heavy atom. The summed E-state index contributed by atoms with van der Waals surface area (Å²) in [4.78, 5) is 50.0. The van der Waals surface area contributed by atoms with Gasteiger partial charge in [-0.15, -0.1) is 11.8 Å². The quantitative estimate of drug-likeness (QED) is 0.242. The molecule has 4 aromatic carbocycles. The highest BCUT2D eigenvalue weighted by atomic mass is 32.2. The first kappa shape index (κ1) is 32.4. The van der Waals surface area contributed by atoms with Crippen LogP contribution in [0.15, 0.2) is 121 Å². The number of likely N-dealkylation sites (tertiary alicyclic amines) is 1. The number of aliphatic hydroxyl groups is 1. The molecule has 1 unspecified atom stereocenters. The molecule has 6 atom stereocenters. The Labute approximate surface area is 296 Å². The van der Waals surface area contributed by atoms with Crippen LogP contribution in [0.1, 0.15) is 12.5 Å². The van der Waals surface area contributed by atoms with Gasteiger partial charge in [-0.25, -0.2) is 0 Å². The van der Waals surface area contributed by atoms with Crippen LogP contribution in [0.5, 0.6) is 5.75 Å². The highest BCUT2D eigenvalue weighted by molar-refractivity contribution is 8.02. The molecule has 8 rings (SSSR count). The van der Waals surface area contributed by atoms with E-state index in [4.69, 9.17) is 4.74 Å². The largest absolute Gasteiger partial charge is 0.494 e. The van der Waals surface area contributed by atoms with Crippen molar-refractivity contribution in [2.45, 2.75) is 35.4 Å². The van der Waals surface area contributed by atoms with Gasteiger partial charge in [0.25, 0.3) is 5.91 Å². The van der Waals surface area contributed by atoms with E-state index in [-0.39, 0.29) is 29.6 Å². The normalized spacial score (nSPS) is 26.4. The third kappa shape index (κ3) is 5.31. The van der Waals surface area contributed by atoms with Crippen molar-refractivity contribution in [1.82, 2.24) is 4.90 Å². The summed E-state index contributed by atoms with van der Waals surface area (Å²) in [5.74, 6) is -1.41. The van der Waals surface area contributed by atoms with Crippen LogP contribution in [0.4, 0.5) is 11.4 Å². The average molecular weight is 686 g/mol. The van der Waals surface area contributed by atoms with Crippen LogP contribution >= 0.6 is 11.8 Å².